The predicted molar refractivity (Wildman–Crippen MR) is 119 cm³/mol. The number of rotatable bonds is 5. The standard InChI is InChI=1S/C23H25BrN4O/c1-14-2-7-18(8-3-14)28-13-17(11-26-28)27-22-19-10-16(24)6-9-21(19)25-12-20(22)23(29)15-4-5-15/h6,9-15,18H,2-5,7-8H2,1H3,(H,25,27)/t14-,18-. The van der Waals surface area contributed by atoms with E-state index in [4.69, 9.17) is 0 Å². The Bertz CT molecular complexity index is 1060. The molecule has 2 saturated carbocycles. The number of aromatic nitrogens is 3. The molecule has 2 aliphatic carbocycles. The lowest BCUT2D eigenvalue weighted by molar-refractivity contribution is 0.0968. The number of benzene rings is 1. The zero-order valence-corrected chi connectivity index (χ0v) is 18.2. The van der Waals surface area contributed by atoms with E-state index in [9.17, 15) is 4.79 Å². The maximum atomic E-state index is 12.9. The summed E-state index contributed by atoms with van der Waals surface area (Å²) < 4.78 is 3.06. The minimum atomic E-state index is 0.147. The molecule has 5 rings (SSSR count). The Morgan fingerprint density at radius 2 is 1.93 bits per heavy atom. The minimum Gasteiger partial charge on any atom is -0.352 e. The van der Waals surface area contributed by atoms with Gasteiger partial charge in [-0.3, -0.25) is 14.5 Å². The summed E-state index contributed by atoms with van der Waals surface area (Å²) in [5, 5.41) is 9.08. The first-order valence-electron chi connectivity index (χ1n) is 10.5. The topological polar surface area (TPSA) is 59.8 Å². The molecule has 3 aromatic rings. The monoisotopic (exact) mass is 452 g/mol. The maximum Gasteiger partial charge on any atom is 0.169 e. The molecule has 0 atom stereocenters. The summed E-state index contributed by atoms with van der Waals surface area (Å²) >= 11 is 3.56. The van der Waals surface area contributed by atoms with Crippen molar-refractivity contribution in [3.63, 3.8) is 0 Å². The average molecular weight is 453 g/mol. The molecule has 150 valence electrons. The van der Waals surface area contributed by atoms with Gasteiger partial charge in [0, 0.05) is 28.2 Å². The average Bonchev–Trinajstić information content (AvgIpc) is 3.47. The highest BCUT2D eigenvalue weighted by molar-refractivity contribution is 9.10. The number of hydrogen-bond acceptors (Lipinski definition) is 4. The van der Waals surface area contributed by atoms with Gasteiger partial charge in [-0.25, -0.2) is 0 Å². The molecule has 5 nitrogen and oxygen atoms in total. The van der Waals surface area contributed by atoms with E-state index in [0.29, 0.717) is 11.6 Å². The molecule has 2 aliphatic rings. The Hall–Kier alpha value is -2.21. The fourth-order valence-electron chi connectivity index (χ4n) is 4.31. The number of carbonyl (C=O) groups excluding carboxylic acids is 1. The number of nitrogens with zero attached hydrogens (tertiary/aromatic N) is 3. The van der Waals surface area contributed by atoms with Gasteiger partial charge < -0.3 is 5.32 Å². The second-order valence-corrected chi connectivity index (χ2v) is 9.51. The largest absolute Gasteiger partial charge is 0.352 e. The third-order valence-electron chi connectivity index (χ3n) is 6.27. The lowest BCUT2D eigenvalue weighted by Gasteiger charge is -2.26. The van der Waals surface area contributed by atoms with Crippen molar-refractivity contribution in [2.24, 2.45) is 11.8 Å². The molecule has 2 fully saturated rings. The normalized spacial score (nSPS) is 22.0. The Morgan fingerprint density at radius 1 is 1.14 bits per heavy atom. The number of pyridine rings is 1. The maximum absolute atomic E-state index is 12.9. The second-order valence-electron chi connectivity index (χ2n) is 8.59. The Kier molecular flexibility index (Phi) is 4.90. The summed E-state index contributed by atoms with van der Waals surface area (Å²) in [6.07, 6.45) is 12.5. The number of anilines is 2. The predicted octanol–water partition coefficient (Wildman–Crippen LogP) is 6.28. The van der Waals surface area contributed by atoms with E-state index in [1.807, 2.05) is 24.4 Å². The number of ketones is 1. The number of halogens is 1. The van der Waals surface area contributed by atoms with E-state index in [2.05, 4.69) is 49.1 Å². The van der Waals surface area contributed by atoms with Crippen LogP contribution in [0, 0.1) is 11.8 Å². The van der Waals surface area contributed by atoms with Crippen LogP contribution in [0.5, 0.6) is 0 Å². The molecule has 1 aromatic carbocycles. The smallest absolute Gasteiger partial charge is 0.169 e. The third-order valence-corrected chi connectivity index (χ3v) is 6.77. The molecule has 2 aromatic heterocycles. The highest BCUT2D eigenvalue weighted by Crippen LogP contribution is 2.38. The van der Waals surface area contributed by atoms with Gasteiger partial charge in [-0.15, -0.1) is 0 Å². The fourth-order valence-corrected chi connectivity index (χ4v) is 4.67. The molecule has 1 N–H and O–H groups in total. The Balaban J connectivity index is 1.50. The van der Waals surface area contributed by atoms with Gasteiger partial charge in [-0.05, 0) is 62.6 Å². The van der Waals surface area contributed by atoms with Crippen molar-refractivity contribution in [1.29, 1.82) is 0 Å². The van der Waals surface area contributed by atoms with Gasteiger partial charge in [0.25, 0.3) is 0 Å². The van der Waals surface area contributed by atoms with Crippen LogP contribution < -0.4 is 5.32 Å². The summed E-state index contributed by atoms with van der Waals surface area (Å²) in [6.45, 7) is 2.33. The zero-order valence-electron chi connectivity index (χ0n) is 16.6. The van der Waals surface area contributed by atoms with Crippen LogP contribution in [0.1, 0.15) is 61.8 Å². The summed E-state index contributed by atoms with van der Waals surface area (Å²) in [5.74, 6) is 1.15. The molecule has 0 amide bonds. The van der Waals surface area contributed by atoms with Crippen LogP contribution in [0.4, 0.5) is 11.4 Å². The van der Waals surface area contributed by atoms with Gasteiger partial charge in [-0.2, -0.15) is 5.10 Å². The summed E-state index contributed by atoms with van der Waals surface area (Å²) in [4.78, 5) is 17.5. The molecule has 29 heavy (non-hydrogen) atoms. The first-order chi connectivity index (χ1) is 14.1. The van der Waals surface area contributed by atoms with Crippen molar-refractivity contribution in [3.8, 4) is 0 Å². The fraction of sp³-hybridized carbons (Fsp3) is 0.435. The minimum absolute atomic E-state index is 0.147. The van der Waals surface area contributed by atoms with E-state index in [1.165, 1.54) is 25.7 Å². The SMILES string of the molecule is C[C@H]1CC[C@H](n2cc(Nc3c(C(=O)C4CC4)cnc4ccc(Br)cc34)cn2)CC1. The van der Waals surface area contributed by atoms with Gasteiger partial charge in [0.1, 0.15) is 0 Å². The molecule has 0 aliphatic heterocycles. The van der Waals surface area contributed by atoms with E-state index in [0.717, 1.165) is 45.5 Å². The van der Waals surface area contributed by atoms with Crippen molar-refractivity contribution < 1.29 is 4.79 Å². The number of fused-ring (bicyclic) bond motifs is 1. The van der Waals surface area contributed by atoms with Crippen molar-refractivity contribution >= 4 is 44.0 Å². The molecule has 0 bridgehead atoms. The van der Waals surface area contributed by atoms with Gasteiger partial charge in [0.15, 0.2) is 5.78 Å². The van der Waals surface area contributed by atoms with E-state index in [-0.39, 0.29) is 11.7 Å². The van der Waals surface area contributed by atoms with Crippen LogP contribution >= 0.6 is 15.9 Å². The van der Waals surface area contributed by atoms with Gasteiger partial charge in [-0.1, -0.05) is 22.9 Å². The molecule has 6 heteroatoms. The van der Waals surface area contributed by atoms with Crippen LogP contribution in [0.2, 0.25) is 0 Å². The van der Waals surface area contributed by atoms with Crippen LogP contribution in [-0.2, 0) is 0 Å². The lowest BCUT2D eigenvalue weighted by Crippen LogP contribution is -2.17. The number of hydrogen-bond donors (Lipinski definition) is 1. The van der Waals surface area contributed by atoms with Crippen molar-refractivity contribution in [1.82, 2.24) is 14.8 Å². The van der Waals surface area contributed by atoms with Crippen molar-refractivity contribution in [2.75, 3.05) is 5.32 Å². The second kappa shape index (κ2) is 7.56. The molecule has 0 radical (unpaired) electrons. The summed E-state index contributed by atoms with van der Waals surface area (Å²) in [5.41, 5.74) is 3.31. The molecule has 0 unspecified atom stereocenters. The third kappa shape index (κ3) is 3.82. The highest BCUT2D eigenvalue weighted by Gasteiger charge is 2.32. The van der Waals surface area contributed by atoms with E-state index >= 15 is 0 Å². The molecular weight excluding hydrogens is 428 g/mol. The summed E-state index contributed by atoms with van der Waals surface area (Å²) in [7, 11) is 0. The van der Waals surface area contributed by atoms with Crippen molar-refractivity contribution in [2.45, 2.75) is 51.5 Å². The van der Waals surface area contributed by atoms with Crippen LogP contribution in [0.3, 0.4) is 0 Å². The molecule has 2 heterocycles. The molecule has 0 spiro atoms. The quantitative estimate of drug-likeness (QED) is 0.462. The van der Waals surface area contributed by atoms with Gasteiger partial charge in [0.05, 0.1) is 34.7 Å². The van der Waals surface area contributed by atoms with Crippen LogP contribution in [0.25, 0.3) is 10.9 Å². The molecule has 0 saturated heterocycles. The number of Topliss-reactive ketones (excluding diaryl/α,β-unsaturated/α-hetero) is 1. The number of nitrogens with one attached hydrogen (secondary N) is 1. The van der Waals surface area contributed by atoms with Crippen molar-refractivity contribution in [3.05, 3.63) is 46.8 Å². The van der Waals surface area contributed by atoms with E-state index < -0.39 is 0 Å². The lowest BCUT2D eigenvalue weighted by atomic mass is 9.87. The first-order valence-corrected chi connectivity index (χ1v) is 11.3. The number of carbonyl (C=O) groups is 1. The Labute approximate surface area is 179 Å². The summed E-state index contributed by atoms with van der Waals surface area (Å²) in [6, 6.07) is 6.45. The van der Waals surface area contributed by atoms with Crippen LogP contribution in [0.15, 0.2) is 41.3 Å². The highest BCUT2D eigenvalue weighted by atomic mass is 79.9. The Morgan fingerprint density at radius 3 is 2.69 bits per heavy atom. The first kappa shape index (κ1) is 18.8. The molecular formula is C23H25BrN4O. The van der Waals surface area contributed by atoms with E-state index in [1.54, 1.807) is 6.20 Å². The zero-order chi connectivity index (χ0) is 20.0. The van der Waals surface area contributed by atoms with Crippen LogP contribution in [-0.4, -0.2) is 20.5 Å². The van der Waals surface area contributed by atoms with Gasteiger partial charge in [0.2, 0.25) is 0 Å². The van der Waals surface area contributed by atoms with Gasteiger partial charge >= 0.3 is 0 Å².